The number of rotatable bonds is 4. The smallest absolute Gasteiger partial charge is 0.315 e. The van der Waals surface area contributed by atoms with Crippen LogP contribution in [-0.4, -0.2) is 65.1 Å². The van der Waals surface area contributed by atoms with E-state index >= 15 is 0 Å². The summed E-state index contributed by atoms with van der Waals surface area (Å²) < 4.78 is 5.66. The van der Waals surface area contributed by atoms with Gasteiger partial charge in [0.05, 0.1) is 19.3 Å². The second kappa shape index (κ2) is 5.29. The molecule has 21 heavy (non-hydrogen) atoms. The standard InChI is InChI=1S/C15H19NO5/c17-6-10(7-18)16-5-12-11-3-1-2-4-13(11)21-9-15(12,8-16)14(19)20/h1-4,10,12,17-18H,5-9H2,(H,19,20)/t12-,15-/m1/s1. The minimum absolute atomic E-state index is 0.115. The zero-order chi connectivity index (χ0) is 15.0. The van der Waals surface area contributed by atoms with Crippen LogP contribution in [0, 0.1) is 5.41 Å². The quantitative estimate of drug-likeness (QED) is 0.718. The number of aliphatic carboxylic acids is 1. The molecule has 0 aromatic heterocycles. The number of aliphatic hydroxyl groups excluding tert-OH is 2. The third kappa shape index (κ3) is 2.10. The van der Waals surface area contributed by atoms with E-state index in [1.54, 1.807) is 0 Å². The average molecular weight is 293 g/mol. The van der Waals surface area contributed by atoms with E-state index in [9.17, 15) is 20.1 Å². The van der Waals surface area contributed by atoms with Crippen molar-refractivity contribution in [1.29, 1.82) is 0 Å². The van der Waals surface area contributed by atoms with E-state index in [1.165, 1.54) is 0 Å². The van der Waals surface area contributed by atoms with Gasteiger partial charge in [-0.25, -0.2) is 0 Å². The molecule has 2 heterocycles. The number of hydrogen-bond acceptors (Lipinski definition) is 5. The predicted octanol–water partition coefficient (Wildman–Crippen LogP) is -0.0976. The fraction of sp³-hybridized carbons (Fsp3) is 0.533. The molecule has 0 saturated carbocycles. The Hall–Kier alpha value is -1.63. The predicted molar refractivity (Wildman–Crippen MR) is 74.3 cm³/mol. The number of fused-ring (bicyclic) bond motifs is 3. The highest BCUT2D eigenvalue weighted by Gasteiger charge is 2.57. The molecule has 0 amide bonds. The topological polar surface area (TPSA) is 90.2 Å². The van der Waals surface area contributed by atoms with Crippen LogP contribution in [0.25, 0.3) is 0 Å². The summed E-state index contributed by atoms with van der Waals surface area (Å²) in [5, 5.41) is 28.5. The van der Waals surface area contributed by atoms with Crippen LogP contribution in [0.3, 0.4) is 0 Å². The molecule has 1 saturated heterocycles. The van der Waals surface area contributed by atoms with Gasteiger partial charge in [-0.1, -0.05) is 18.2 Å². The molecule has 0 radical (unpaired) electrons. The lowest BCUT2D eigenvalue weighted by Crippen LogP contribution is -2.47. The summed E-state index contributed by atoms with van der Waals surface area (Å²) in [6.07, 6.45) is 0. The lowest BCUT2D eigenvalue weighted by molar-refractivity contribution is -0.152. The van der Waals surface area contributed by atoms with Crippen molar-refractivity contribution in [1.82, 2.24) is 4.90 Å². The molecule has 114 valence electrons. The Morgan fingerprint density at radius 2 is 2.10 bits per heavy atom. The molecular formula is C15H19NO5. The highest BCUT2D eigenvalue weighted by molar-refractivity contribution is 5.78. The lowest BCUT2D eigenvalue weighted by Gasteiger charge is -2.36. The fourth-order valence-electron chi connectivity index (χ4n) is 3.44. The van der Waals surface area contributed by atoms with E-state index in [-0.39, 0.29) is 32.3 Å². The van der Waals surface area contributed by atoms with Crippen LogP contribution in [0.15, 0.2) is 24.3 Å². The first-order valence-electron chi connectivity index (χ1n) is 7.03. The Morgan fingerprint density at radius 1 is 1.38 bits per heavy atom. The summed E-state index contributed by atoms with van der Waals surface area (Å²) in [5.74, 6) is -0.356. The summed E-state index contributed by atoms with van der Waals surface area (Å²) in [6, 6.07) is 7.05. The molecule has 0 spiro atoms. The SMILES string of the molecule is O=C(O)[C@]12COc3ccccc3[C@H]1CN(C(CO)CO)C2. The number of ether oxygens (including phenoxy) is 1. The molecule has 1 aromatic rings. The van der Waals surface area contributed by atoms with Crippen molar-refractivity contribution in [2.24, 2.45) is 5.41 Å². The molecule has 2 aliphatic rings. The Bertz CT molecular complexity index is 545. The van der Waals surface area contributed by atoms with Crippen LogP contribution in [0.5, 0.6) is 5.75 Å². The molecule has 2 aliphatic heterocycles. The Morgan fingerprint density at radius 3 is 2.76 bits per heavy atom. The lowest BCUT2D eigenvalue weighted by atomic mass is 9.73. The van der Waals surface area contributed by atoms with Gasteiger partial charge in [0.15, 0.2) is 0 Å². The van der Waals surface area contributed by atoms with Gasteiger partial charge in [-0.3, -0.25) is 9.69 Å². The van der Waals surface area contributed by atoms with Crippen LogP contribution < -0.4 is 4.74 Å². The summed E-state index contributed by atoms with van der Waals surface area (Å²) in [5.41, 5.74) is -0.125. The highest BCUT2D eigenvalue weighted by atomic mass is 16.5. The molecule has 6 heteroatoms. The molecular weight excluding hydrogens is 274 g/mol. The number of aliphatic hydroxyl groups is 2. The van der Waals surface area contributed by atoms with Gasteiger partial charge < -0.3 is 20.1 Å². The second-order valence-corrected chi connectivity index (χ2v) is 5.79. The molecule has 6 nitrogen and oxygen atoms in total. The van der Waals surface area contributed by atoms with Crippen LogP contribution in [0.2, 0.25) is 0 Å². The van der Waals surface area contributed by atoms with Gasteiger partial charge in [-0.05, 0) is 11.6 Å². The van der Waals surface area contributed by atoms with Gasteiger partial charge in [-0.2, -0.15) is 0 Å². The minimum Gasteiger partial charge on any atom is -0.492 e. The van der Waals surface area contributed by atoms with E-state index in [1.807, 2.05) is 29.2 Å². The molecule has 1 fully saturated rings. The maximum atomic E-state index is 11.9. The first kappa shape index (κ1) is 14.3. The summed E-state index contributed by atoms with van der Waals surface area (Å²) >= 11 is 0. The Balaban J connectivity index is 2.00. The average Bonchev–Trinajstić information content (AvgIpc) is 2.90. The first-order chi connectivity index (χ1) is 10.1. The Labute approximate surface area is 122 Å². The van der Waals surface area contributed by atoms with E-state index in [0.717, 1.165) is 11.3 Å². The molecule has 1 aromatic carbocycles. The van der Waals surface area contributed by atoms with E-state index in [0.29, 0.717) is 6.54 Å². The minimum atomic E-state index is -1.02. The molecule has 0 aliphatic carbocycles. The molecule has 0 unspecified atom stereocenters. The largest absolute Gasteiger partial charge is 0.492 e. The van der Waals surface area contributed by atoms with Crippen molar-refractivity contribution in [3.8, 4) is 5.75 Å². The van der Waals surface area contributed by atoms with Gasteiger partial charge in [0.1, 0.15) is 17.8 Å². The summed E-state index contributed by atoms with van der Waals surface area (Å²) in [7, 11) is 0. The number of hydrogen-bond donors (Lipinski definition) is 3. The normalized spacial score (nSPS) is 28.0. The van der Waals surface area contributed by atoms with Gasteiger partial charge >= 0.3 is 5.97 Å². The second-order valence-electron chi connectivity index (χ2n) is 5.79. The summed E-state index contributed by atoms with van der Waals surface area (Å²) in [6.45, 7) is 0.499. The van der Waals surface area contributed by atoms with Crippen molar-refractivity contribution in [3.63, 3.8) is 0 Å². The Kier molecular flexibility index (Phi) is 3.61. The van der Waals surface area contributed by atoms with Crippen LogP contribution in [0.4, 0.5) is 0 Å². The van der Waals surface area contributed by atoms with Crippen molar-refractivity contribution in [2.45, 2.75) is 12.0 Å². The van der Waals surface area contributed by atoms with Crippen molar-refractivity contribution in [3.05, 3.63) is 29.8 Å². The number of carboxylic acids is 1. The molecule has 2 atom stereocenters. The molecule has 3 rings (SSSR count). The third-order valence-electron chi connectivity index (χ3n) is 4.71. The number of likely N-dealkylation sites (tertiary alicyclic amines) is 1. The highest BCUT2D eigenvalue weighted by Crippen LogP contribution is 2.50. The third-order valence-corrected chi connectivity index (χ3v) is 4.71. The molecule has 3 N–H and O–H groups in total. The monoisotopic (exact) mass is 293 g/mol. The molecule has 0 bridgehead atoms. The number of benzene rings is 1. The van der Waals surface area contributed by atoms with Gasteiger partial charge in [-0.15, -0.1) is 0 Å². The van der Waals surface area contributed by atoms with Crippen molar-refractivity contribution in [2.75, 3.05) is 32.9 Å². The zero-order valence-electron chi connectivity index (χ0n) is 11.6. The van der Waals surface area contributed by atoms with Crippen LogP contribution in [-0.2, 0) is 4.79 Å². The summed E-state index contributed by atoms with van der Waals surface area (Å²) in [4.78, 5) is 13.7. The van der Waals surface area contributed by atoms with Crippen molar-refractivity contribution < 1.29 is 24.9 Å². The number of nitrogens with zero attached hydrogens (tertiary/aromatic N) is 1. The van der Waals surface area contributed by atoms with E-state index in [4.69, 9.17) is 4.74 Å². The van der Waals surface area contributed by atoms with E-state index in [2.05, 4.69) is 0 Å². The number of carbonyl (C=O) groups is 1. The van der Waals surface area contributed by atoms with Gasteiger partial charge in [0.2, 0.25) is 0 Å². The van der Waals surface area contributed by atoms with Gasteiger partial charge in [0.25, 0.3) is 0 Å². The van der Waals surface area contributed by atoms with Gasteiger partial charge in [0, 0.05) is 19.0 Å². The maximum Gasteiger partial charge on any atom is 0.315 e. The number of para-hydroxylation sites is 1. The van der Waals surface area contributed by atoms with E-state index < -0.39 is 17.4 Å². The maximum absolute atomic E-state index is 11.9. The van der Waals surface area contributed by atoms with Crippen LogP contribution >= 0.6 is 0 Å². The first-order valence-corrected chi connectivity index (χ1v) is 7.03. The zero-order valence-corrected chi connectivity index (χ0v) is 11.6. The van der Waals surface area contributed by atoms with Crippen LogP contribution in [0.1, 0.15) is 11.5 Å². The number of carboxylic acid groups (broad SMARTS) is 1. The fourth-order valence-corrected chi connectivity index (χ4v) is 3.44. The van der Waals surface area contributed by atoms with Crippen molar-refractivity contribution >= 4 is 5.97 Å².